The van der Waals surface area contributed by atoms with E-state index in [0.717, 1.165) is 26.0 Å². The van der Waals surface area contributed by atoms with E-state index in [4.69, 9.17) is 9.84 Å². The van der Waals surface area contributed by atoms with Gasteiger partial charge in [0, 0.05) is 46.4 Å². The second kappa shape index (κ2) is 28.8. The van der Waals surface area contributed by atoms with E-state index in [1.54, 1.807) is 30.5 Å². The number of nitrogens with zero attached hydrogens (tertiary/aromatic N) is 4. The van der Waals surface area contributed by atoms with Crippen molar-refractivity contribution in [3.63, 3.8) is 0 Å². The quantitative estimate of drug-likeness (QED) is 0.219. The number of aryl methyl sites for hydroxylation is 1. The van der Waals surface area contributed by atoms with Crippen molar-refractivity contribution in [1.82, 2.24) is 30.6 Å². The van der Waals surface area contributed by atoms with Gasteiger partial charge in [0.2, 0.25) is 11.8 Å². The van der Waals surface area contributed by atoms with E-state index in [-0.39, 0.29) is 29.9 Å². The number of nitrogens with one attached hydrogen (secondary N) is 2. The van der Waals surface area contributed by atoms with Gasteiger partial charge in [-0.25, -0.2) is 15.0 Å². The lowest BCUT2D eigenvalue weighted by Gasteiger charge is -2.42. The number of ketones is 1. The summed E-state index contributed by atoms with van der Waals surface area (Å²) in [5, 5.41) is 16.0. The summed E-state index contributed by atoms with van der Waals surface area (Å²) in [6.07, 6.45) is 6.01. The number of hydrogen-bond acceptors (Lipinski definition) is 10. The van der Waals surface area contributed by atoms with Crippen LogP contribution in [0.25, 0.3) is 0 Å². The Morgan fingerprint density at radius 1 is 1.14 bits per heavy atom. The SMILES string of the molecule is CC.CC.CCCN(C)N(C(C)=O)C1CC(C)C(C(=O)COC(=O)CCc2ncccn2)NC1=O.CNCCC(C)C.CO. The van der Waals surface area contributed by atoms with Gasteiger partial charge in [-0.05, 0) is 50.8 Å². The van der Waals surface area contributed by atoms with E-state index in [2.05, 4.69) is 34.4 Å². The van der Waals surface area contributed by atoms with Crippen molar-refractivity contribution in [3.8, 4) is 0 Å². The number of ether oxygens (including phenoxy) is 1. The molecule has 1 aromatic heterocycles. The van der Waals surface area contributed by atoms with Crippen LogP contribution in [0, 0.1) is 11.8 Å². The van der Waals surface area contributed by atoms with Crippen LogP contribution in [-0.4, -0.2) is 102 Å². The van der Waals surface area contributed by atoms with Gasteiger partial charge >= 0.3 is 5.97 Å². The number of rotatable bonds is 13. The number of piperidine rings is 1. The Hall–Kier alpha value is -2.96. The third-order valence-electron chi connectivity index (χ3n) is 6.16. The fraction of sp³-hybridized carbons (Fsp3) is 0.750. The van der Waals surface area contributed by atoms with Crippen molar-refractivity contribution in [1.29, 1.82) is 0 Å². The molecule has 1 fully saturated rings. The highest BCUT2D eigenvalue weighted by Crippen LogP contribution is 2.23. The molecule has 0 aromatic carbocycles. The van der Waals surface area contributed by atoms with Crippen molar-refractivity contribution in [3.05, 3.63) is 24.3 Å². The van der Waals surface area contributed by atoms with Crippen LogP contribution in [0.2, 0.25) is 0 Å². The van der Waals surface area contributed by atoms with Crippen LogP contribution >= 0.6 is 0 Å². The average molecular weight is 627 g/mol. The second-order valence-corrected chi connectivity index (χ2v) is 10.0. The van der Waals surface area contributed by atoms with Gasteiger partial charge in [-0.2, -0.15) is 0 Å². The number of hydrazine groups is 1. The summed E-state index contributed by atoms with van der Waals surface area (Å²) in [6, 6.07) is 0.239. The molecular formula is C32H62N6O6. The number of esters is 1. The molecule has 0 radical (unpaired) electrons. The fourth-order valence-electron chi connectivity index (χ4n) is 4.14. The maximum Gasteiger partial charge on any atom is 0.306 e. The molecule has 0 bridgehead atoms. The fourth-order valence-corrected chi connectivity index (χ4v) is 4.14. The molecule has 0 spiro atoms. The zero-order valence-corrected chi connectivity index (χ0v) is 29.5. The first-order valence-electron chi connectivity index (χ1n) is 15.9. The Morgan fingerprint density at radius 2 is 1.70 bits per heavy atom. The largest absolute Gasteiger partial charge is 0.458 e. The minimum Gasteiger partial charge on any atom is -0.458 e. The van der Waals surface area contributed by atoms with Crippen molar-refractivity contribution in [2.45, 2.75) is 107 Å². The Kier molecular flexibility index (Phi) is 29.8. The maximum absolute atomic E-state index is 12.7. The third-order valence-corrected chi connectivity index (χ3v) is 6.16. The number of carbonyl (C=O) groups is 4. The van der Waals surface area contributed by atoms with E-state index >= 15 is 0 Å². The van der Waals surface area contributed by atoms with Crippen molar-refractivity contribution in [2.24, 2.45) is 11.8 Å². The molecule has 3 atom stereocenters. The molecule has 2 heterocycles. The van der Waals surface area contributed by atoms with Crippen LogP contribution in [0.15, 0.2) is 18.5 Å². The van der Waals surface area contributed by atoms with Gasteiger partial charge in [0.15, 0.2) is 12.4 Å². The lowest BCUT2D eigenvalue weighted by atomic mass is 9.86. The molecule has 12 heteroatoms. The summed E-state index contributed by atoms with van der Waals surface area (Å²) >= 11 is 0. The van der Waals surface area contributed by atoms with Crippen LogP contribution in [0.3, 0.4) is 0 Å². The van der Waals surface area contributed by atoms with E-state index in [0.29, 0.717) is 25.2 Å². The van der Waals surface area contributed by atoms with E-state index < -0.39 is 24.7 Å². The van der Waals surface area contributed by atoms with Crippen molar-refractivity contribution < 1.29 is 29.0 Å². The molecule has 3 unspecified atom stereocenters. The van der Waals surface area contributed by atoms with Gasteiger partial charge in [0.1, 0.15) is 11.9 Å². The predicted octanol–water partition coefficient (Wildman–Crippen LogP) is 3.43. The van der Waals surface area contributed by atoms with Gasteiger partial charge < -0.3 is 20.5 Å². The number of aromatic nitrogens is 2. The molecule has 44 heavy (non-hydrogen) atoms. The highest BCUT2D eigenvalue weighted by molar-refractivity contribution is 5.95. The highest BCUT2D eigenvalue weighted by atomic mass is 16.5. The second-order valence-electron chi connectivity index (χ2n) is 10.0. The number of aliphatic hydroxyl groups excluding tert-OH is 1. The maximum atomic E-state index is 12.7. The Balaban J connectivity index is -0.00000111. The molecular weight excluding hydrogens is 564 g/mol. The number of Topliss-reactive ketones (excluding diaryl/α,β-unsaturated/α-hetero) is 1. The van der Waals surface area contributed by atoms with Gasteiger partial charge in [-0.3, -0.25) is 24.2 Å². The van der Waals surface area contributed by atoms with Crippen molar-refractivity contribution in [2.75, 3.05) is 40.9 Å². The lowest BCUT2D eigenvalue weighted by molar-refractivity contribution is -0.162. The lowest BCUT2D eigenvalue weighted by Crippen LogP contribution is -2.63. The zero-order chi connectivity index (χ0) is 34.7. The first-order valence-corrected chi connectivity index (χ1v) is 15.9. The van der Waals surface area contributed by atoms with Crippen LogP contribution in [-0.2, 0) is 30.3 Å². The molecule has 1 aliphatic heterocycles. The molecule has 3 N–H and O–H groups in total. The summed E-state index contributed by atoms with van der Waals surface area (Å²) in [6.45, 7) is 19.1. The van der Waals surface area contributed by atoms with Crippen LogP contribution in [0.5, 0.6) is 0 Å². The minimum absolute atomic E-state index is 0.0588. The van der Waals surface area contributed by atoms with Gasteiger partial charge in [-0.15, -0.1) is 0 Å². The average Bonchev–Trinajstić information content (AvgIpc) is 3.03. The Labute approximate surface area is 266 Å². The number of hydrogen-bond donors (Lipinski definition) is 3. The van der Waals surface area contributed by atoms with Crippen LogP contribution in [0.1, 0.15) is 93.8 Å². The van der Waals surface area contributed by atoms with E-state index in [1.807, 2.05) is 48.6 Å². The third kappa shape index (κ3) is 19.3. The summed E-state index contributed by atoms with van der Waals surface area (Å²) in [5.74, 6) is -0.382. The normalized spacial score (nSPS) is 16.7. The summed E-state index contributed by atoms with van der Waals surface area (Å²) in [4.78, 5) is 57.4. The van der Waals surface area contributed by atoms with Gasteiger partial charge in [-0.1, -0.05) is 55.4 Å². The van der Waals surface area contributed by atoms with Crippen molar-refractivity contribution >= 4 is 23.6 Å². The van der Waals surface area contributed by atoms with Crippen LogP contribution < -0.4 is 10.6 Å². The Bertz CT molecular complexity index is 887. The Morgan fingerprint density at radius 3 is 2.16 bits per heavy atom. The monoisotopic (exact) mass is 626 g/mol. The first-order chi connectivity index (χ1) is 21.0. The number of carbonyl (C=O) groups excluding carboxylic acids is 4. The molecule has 1 aromatic rings. The smallest absolute Gasteiger partial charge is 0.306 e. The van der Waals surface area contributed by atoms with E-state index in [9.17, 15) is 19.2 Å². The molecule has 2 amide bonds. The summed E-state index contributed by atoms with van der Waals surface area (Å²) in [5.41, 5.74) is 0. The van der Waals surface area contributed by atoms with Gasteiger partial charge in [0.05, 0.1) is 12.5 Å². The molecule has 0 saturated carbocycles. The minimum atomic E-state index is -0.765. The number of aliphatic hydroxyl groups is 1. The summed E-state index contributed by atoms with van der Waals surface area (Å²) in [7, 11) is 4.75. The molecule has 0 aliphatic carbocycles. The molecule has 12 nitrogen and oxygen atoms in total. The van der Waals surface area contributed by atoms with Crippen LogP contribution in [0.4, 0.5) is 0 Å². The number of amides is 2. The topological polar surface area (TPSA) is 154 Å². The van der Waals surface area contributed by atoms with E-state index in [1.165, 1.54) is 18.4 Å². The molecule has 1 saturated heterocycles. The van der Waals surface area contributed by atoms with Gasteiger partial charge in [0.25, 0.3) is 0 Å². The molecule has 2 rings (SSSR count). The first kappa shape index (κ1) is 45.5. The standard InChI is InChI=1S/C21H31N5O5.C6H15N.2C2H6.CH4O/c1-5-11-25(4)26(15(3)27)16-12-14(2)20(24-21(16)30)17(28)13-31-19(29)8-7-18-22-9-6-10-23-18;1-6(2)4-5-7-3;3*1-2/h6,9-10,14,16,20H,5,7-8,11-13H2,1-4H3,(H,24,30);6-7H,4-5H2,1-3H3;2*1-2H3;2H,1H3. The molecule has 1 aliphatic rings. The molecule has 256 valence electrons. The highest BCUT2D eigenvalue weighted by Gasteiger charge is 2.41. The predicted molar refractivity (Wildman–Crippen MR) is 175 cm³/mol. The zero-order valence-electron chi connectivity index (χ0n) is 29.5. The summed E-state index contributed by atoms with van der Waals surface area (Å²) < 4.78 is 5.08.